The Morgan fingerprint density at radius 1 is 1.48 bits per heavy atom. The lowest BCUT2D eigenvalue weighted by molar-refractivity contribution is -0.131. The summed E-state index contributed by atoms with van der Waals surface area (Å²) in [6.07, 6.45) is 0.833. The molecule has 0 bridgehead atoms. The molecule has 2 heterocycles. The quantitative estimate of drug-likeness (QED) is 0.813. The van der Waals surface area contributed by atoms with E-state index in [-0.39, 0.29) is 0 Å². The number of likely N-dealkylation sites (tertiary alicyclic amines) is 1. The molecule has 130 valence electrons. The number of H-pyrrole nitrogens is 1. The van der Waals surface area contributed by atoms with E-state index in [1.54, 1.807) is 24.3 Å². The van der Waals surface area contributed by atoms with Crippen molar-refractivity contribution in [3.8, 4) is 6.07 Å². The van der Waals surface area contributed by atoms with Crippen LogP contribution < -0.4 is 5.32 Å². The molecule has 0 aliphatic carbocycles. The van der Waals surface area contributed by atoms with Crippen molar-refractivity contribution in [1.29, 1.82) is 5.26 Å². The number of aromatic amines is 1. The van der Waals surface area contributed by atoms with Crippen molar-refractivity contribution in [1.82, 2.24) is 15.2 Å². The minimum Gasteiger partial charge on any atom is -0.360 e. The van der Waals surface area contributed by atoms with Crippen molar-refractivity contribution in [2.24, 2.45) is 0 Å². The SMILES string of the molecule is N#CC1CC(F)(F)CN1C(=O)CNC(=O)c1c[nH]c2cc(Br)ccc12. The Kier molecular flexibility index (Phi) is 4.47. The minimum absolute atomic E-state index is 0.346. The maximum atomic E-state index is 13.4. The van der Waals surface area contributed by atoms with E-state index < -0.39 is 43.3 Å². The summed E-state index contributed by atoms with van der Waals surface area (Å²) in [6.45, 7) is -1.25. The lowest BCUT2D eigenvalue weighted by Gasteiger charge is -2.19. The molecule has 2 amide bonds. The zero-order valence-electron chi connectivity index (χ0n) is 12.9. The molecule has 1 aliphatic heterocycles. The number of hydrogen-bond acceptors (Lipinski definition) is 3. The topological polar surface area (TPSA) is 89.0 Å². The van der Waals surface area contributed by atoms with Gasteiger partial charge in [0.2, 0.25) is 5.91 Å². The molecule has 1 fully saturated rings. The molecule has 0 radical (unpaired) electrons. The molecule has 0 spiro atoms. The van der Waals surface area contributed by atoms with Crippen LogP contribution in [-0.2, 0) is 4.79 Å². The van der Waals surface area contributed by atoms with Gasteiger partial charge in [-0.15, -0.1) is 0 Å². The van der Waals surface area contributed by atoms with Crippen molar-refractivity contribution in [2.45, 2.75) is 18.4 Å². The number of carbonyl (C=O) groups excluding carboxylic acids is 2. The van der Waals surface area contributed by atoms with Crippen molar-refractivity contribution >= 4 is 38.6 Å². The van der Waals surface area contributed by atoms with Crippen molar-refractivity contribution in [3.05, 3.63) is 34.4 Å². The highest BCUT2D eigenvalue weighted by molar-refractivity contribution is 9.10. The number of nitriles is 1. The summed E-state index contributed by atoms with van der Waals surface area (Å²) < 4.78 is 27.6. The standard InChI is InChI=1S/C16H13BrF2N4O2/c17-9-1-2-11-12(6-21-13(11)3-9)15(25)22-7-14(24)23-8-16(18,19)4-10(23)5-20/h1-3,6,10,21H,4,7-8H2,(H,22,25). The fourth-order valence-corrected chi connectivity index (χ4v) is 3.19. The third kappa shape index (κ3) is 3.49. The number of amides is 2. The smallest absolute Gasteiger partial charge is 0.268 e. The van der Waals surface area contributed by atoms with Gasteiger partial charge in [-0.25, -0.2) is 8.78 Å². The first-order chi connectivity index (χ1) is 11.8. The van der Waals surface area contributed by atoms with Gasteiger partial charge in [0.25, 0.3) is 11.8 Å². The fourth-order valence-electron chi connectivity index (χ4n) is 2.83. The summed E-state index contributed by atoms with van der Waals surface area (Å²) in [5, 5.41) is 12.0. The molecule has 6 nitrogen and oxygen atoms in total. The van der Waals surface area contributed by atoms with Crippen molar-refractivity contribution < 1.29 is 18.4 Å². The number of halogens is 3. The lowest BCUT2D eigenvalue weighted by Crippen LogP contribution is -2.42. The molecule has 1 aromatic carbocycles. The van der Waals surface area contributed by atoms with E-state index in [2.05, 4.69) is 26.2 Å². The number of carbonyl (C=O) groups is 2. The molecule has 2 N–H and O–H groups in total. The molecule has 1 aliphatic rings. The number of hydrogen-bond donors (Lipinski definition) is 2. The van der Waals surface area contributed by atoms with Crippen molar-refractivity contribution in [3.63, 3.8) is 0 Å². The molecule has 0 saturated carbocycles. The Hall–Kier alpha value is -2.47. The summed E-state index contributed by atoms with van der Waals surface area (Å²) >= 11 is 3.33. The predicted molar refractivity (Wildman–Crippen MR) is 89.0 cm³/mol. The Labute approximate surface area is 149 Å². The number of alkyl halides is 2. The molecule has 25 heavy (non-hydrogen) atoms. The van der Waals surface area contributed by atoms with Crippen LogP contribution in [-0.4, -0.2) is 46.8 Å². The highest BCUT2D eigenvalue weighted by Gasteiger charge is 2.47. The summed E-state index contributed by atoms with van der Waals surface area (Å²) in [5.41, 5.74) is 1.09. The van der Waals surface area contributed by atoms with Crippen LogP contribution in [0.3, 0.4) is 0 Å². The monoisotopic (exact) mass is 410 g/mol. The zero-order chi connectivity index (χ0) is 18.2. The average molecular weight is 411 g/mol. The van der Waals surface area contributed by atoms with Gasteiger partial charge in [0.05, 0.1) is 24.7 Å². The minimum atomic E-state index is -3.08. The Balaban J connectivity index is 1.67. The molecular weight excluding hydrogens is 398 g/mol. The number of aromatic nitrogens is 1. The van der Waals surface area contributed by atoms with Gasteiger partial charge >= 0.3 is 0 Å². The van der Waals surface area contributed by atoms with Crippen LogP contribution in [0.2, 0.25) is 0 Å². The van der Waals surface area contributed by atoms with Gasteiger partial charge in [-0.3, -0.25) is 9.59 Å². The second kappa shape index (κ2) is 6.44. The van der Waals surface area contributed by atoms with E-state index in [1.807, 2.05) is 0 Å². The highest BCUT2D eigenvalue weighted by Crippen LogP contribution is 2.31. The van der Waals surface area contributed by atoms with Gasteiger partial charge in [-0.1, -0.05) is 22.0 Å². The van der Waals surface area contributed by atoms with Gasteiger partial charge in [-0.05, 0) is 12.1 Å². The Morgan fingerprint density at radius 2 is 2.24 bits per heavy atom. The molecule has 3 rings (SSSR count). The van der Waals surface area contributed by atoms with Gasteiger partial charge in [-0.2, -0.15) is 5.26 Å². The first-order valence-corrected chi connectivity index (χ1v) is 8.22. The molecule has 1 saturated heterocycles. The fraction of sp³-hybridized carbons (Fsp3) is 0.312. The number of rotatable bonds is 3. The van der Waals surface area contributed by atoms with E-state index in [0.717, 1.165) is 14.9 Å². The normalized spacial score (nSPS) is 19.0. The Morgan fingerprint density at radius 3 is 2.96 bits per heavy atom. The largest absolute Gasteiger partial charge is 0.360 e. The van der Waals surface area contributed by atoms with Crippen LogP contribution in [0.5, 0.6) is 0 Å². The summed E-state index contributed by atoms with van der Waals surface area (Å²) in [6, 6.07) is 5.86. The first-order valence-electron chi connectivity index (χ1n) is 7.42. The maximum absolute atomic E-state index is 13.4. The number of nitrogens with zero attached hydrogens (tertiary/aromatic N) is 2. The van der Waals surface area contributed by atoms with E-state index in [1.165, 1.54) is 6.20 Å². The number of fused-ring (bicyclic) bond motifs is 1. The van der Waals surface area contributed by atoms with Crippen LogP contribution in [0, 0.1) is 11.3 Å². The second-order valence-electron chi connectivity index (χ2n) is 5.80. The van der Waals surface area contributed by atoms with Crippen LogP contribution in [0.4, 0.5) is 8.78 Å². The van der Waals surface area contributed by atoms with Gasteiger partial charge in [0, 0.05) is 28.0 Å². The first kappa shape index (κ1) is 17.4. The van der Waals surface area contributed by atoms with Gasteiger partial charge in [0.1, 0.15) is 6.04 Å². The highest BCUT2D eigenvalue weighted by atomic mass is 79.9. The third-order valence-electron chi connectivity index (χ3n) is 4.03. The van der Waals surface area contributed by atoms with E-state index in [4.69, 9.17) is 5.26 Å². The molecule has 1 unspecified atom stereocenters. The van der Waals surface area contributed by atoms with E-state index >= 15 is 0 Å². The molecule has 1 aromatic heterocycles. The molecule has 9 heteroatoms. The Bertz CT molecular complexity index is 890. The van der Waals surface area contributed by atoms with Crippen LogP contribution >= 0.6 is 15.9 Å². The zero-order valence-corrected chi connectivity index (χ0v) is 14.4. The number of benzene rings is 1. The van der Waals surface area contributed by atoms with Crippen LogP contribution in [0.15, 0.2) is 28.9 Å². The van der Waals surface area contributed by atoms with Crippen LogP contribution in [0.25, 0.3) is 10.9 Å². The summed E-state index contributed by atoms with van der Waals surface area (Å²) in [5.74, 6) is -4.29. The molecular formula is C16H13BrF2N4O2. The second-order valence-corrected chi connectivity index (χ2v) is 6.72. The van der Waals surface area contributed by atoms with E-state index in [0.29, 0.717) is 10.9 Å². The summed E-state index contributed by atoms with van der Waals surface area (Å²) in [7, 11) is 0. The van der Waals surface area contributed by atoms with Gasteiger partial charge in [0.15, 0.2) is 0 Å². The lowest BCUT2D eigenvalue weighted by atomic mass is 10.1. The predicted octanol–water partition coefficient (Wildman–Crippen LogP) is 2.42. The van der Waals surface area contributed by atoms with Crippen molar-refractivity contribution in [2.75, 3.05) is 13.1 Å². The van der Waals surface area contributed by atoms with E-state index in [9.17, 15) is 18.4 Å². The molecule has 1 atom stereocenters. The third-order valence-corrected chi connectivity index (χ3v) is 4.52. The molecule has 2 aromatic rings. The van der Waals surface area contributed by atoms with Gasteiger partial charge < -0.3 is 15.2 Å². The summed E-state index contributed by atoms with van der Waals surface area (Å²) in [4.78, 5) is 28.1. The van der Waals surface area contributed by atoms with Crippen LogP contribution in [0.1, 0.15) is 16.8 Å². The maximum Gasteiger partial charge on any atom is 0.268 e. The average Bonchev–Trinajstić information content (AvgIpc) is 3.11. The number of nitrogens with one attached hydrogen (secondary N) is 2.